The molecule has 2 bridgehead atoms. The minimum atomic E-state index is -0.137. The lowest BCUT2D eigenvalue weighted by Crippen LogP contribution is -2.33. The van der Waals surface area contributed by atoms with Gasteiger partial charge in [-0.3, -0.25) is 4.79 Å². The van der Waals surface area contributed by atoms with Crippen LogP contribution in [0.2, 0.25) is 0 Å². The van der Waals surface area contributed by atoms with Crippen LogP contribution in [0.1, 0.15) is 53.8 Å². The fourth-order valence-corrected chi connectivity index (χ4v) is 4.12. The van der Waals surface area contributed by atoms with E-state index in [4.69, 9.17) is 4.98 Å². The van der Waals surface area contributed by atoms with Crippen LogP contribution in [0, 0.1) is 0 Å². The van der Waals surface area contributed by atoms with E-state index < -0.39 is 0 Å². The van der Waals surface area contributed by atoms with Crippen LogP contribution in [0.3, 0.4) is 0 Å². The van der Waals surface area contributed by atoms with E-state index in [0.717, 1.165) is 43.7 Å². The minimum absolute atomic E-state index is 0.0267. The average Bonchev–Trinajstić information content (AvgIpc) is 3.32. The van der Waals surface area contributed by atoms with E-state index >= 15 is 0 Å². The minimum Gasteiger partial charge on any atom is -0.349 e. The Morgan fingerprint density at radius 3 is 3.11 bits per heavy atom. The molecular formula is C19H21N7O. The Hall–Kier alpha value is -3.03. The highest BCUT2D eigenvalue weighted by Gasteiger charge is 2.30. The molecular weight excluding hydrogens is 342 g/mol. The Balaban J connectivity index is 1.68. The van der Waals surface area contributed by atoms with Crippen molar-refractivity contribution < 1.29 is 4.79 Å². The molecule has 1 saturated heterocycles. The number of amides is 1. The number of carbonyl (C=O) groups excluding carboxylic acids is 1. The van der Waals surface area contributed by atoms with Crippen LogP contribution in [0.4, 0.5) is 5.82 Å². The largest absolute Gasteiger partial charge is 0.349 e. The van der Waals surface area contributed by atoms with E-state index in [2.05, 4.69) is 25.3 Å². The first-order valence-corrected chi connectivity index (χ1v) is 9.41. The molecule has 3 aromatic rings. The summed E-state index contributed by atoms with van der Waals surface area (Å²) < 4.78 is 1.66. The second-order valence-electron chi connectivity index (χ2n) is 7.30. The number of aromatic nitrogens is 5. The summed E-state index contributed by atoms with van der Waals surface area (Å²) in [4.78, 5) is 28.7. The lowest BCUT2D eigenvalue weighted by Gasteiger charge is -2.27. The van der Waals surface area contributed by atoms with Crippen molar-refractivity contribution in [3.8, 4) is 0 Å². The molecule has 0 saturated carbocycles. The summed E-state index contributed by atoms with van der Waals surface area (Å²) in [6, 6.07) is 2.20. The molecule has 8 nitrogen and oxygen atoms in total. The summed E-state index contributed by atoms with van der Waals surface area (Å²) in [6.45, 7) is 2.94. The first-order chi connectivity index (χ1) is 13.2. The number of nitrogens with zero attached hydrogens (tertiary/aromatic N) is 6. The smallest absolute Gasteiger partial charge is 0.256 e. The Morgan fingerprint density at radius 1 is 1.26 bits per heavy atom. The number of hydrogen-bond acceptors (Lipinski definition) is 6. The van der Waals surface area contributed by atoms with Gasteiger partial charge in [-0.2, -0.15) is 5.10 Å². The molecule has 5 rings (SSSR count). The summed E-state index contributed by atoms with van der Waals surface area (Å²) in [6.07, 6.45) is 10.8. The van der Waals surface area contributed by atoms with Crippen LogP contribution in [-0.2, 0) is 6.42 Å². The molecule has 27 heavy (non-hydrogen) atoms. The number of anilines is 1. The summed E-state index contributed by atoms with van der Waals surface area (Å²) in [5, 5.41) is 7.35. The van der Waals surface area contributed by atoms with Crippen molar-refractivity contribution in [1.29, 1.82) is 0 Å². The van der Waals surface area contributed by atoms with Gasteiger partial charge < -0.3 is 10.2 Å². The first kappa shape index (κ1) is 16.2. The summed E-state index contributed by atoms with van der Waals surface area (Å²) in [5.74, 6) is 0.726. The molecule has 1 fully saturated rings. The molecule has 8 heteroatoms. The molecule has 0 unspecified atom stereocenters. The van der Waals surface area contributed by atoms with Gasteiger partial charge >= 0.3 is 0 Å². The van der Waals surface area contributed by atoms with Gasteiger partial charge in [0.1, 0.15) is 17.7 Å². The van der Waals surface area contributed by atoms with Gasteiger partial charge in [0.15, 0.2) is 5.65 Å². The molecule has 0 spiro atoms. The first-order valence-electron chi connectivity index (χ1n) is 9.41. The van der Waals surface area contributed by atoms with Gasteiger partial charge in [-0.1, -0.05) is 0 Å². The molecule has 2 atom stereocenters. The van der Waals surface area contributed by atoms with E-state index in [9.17, 15) is 4.79 Å². The average molecular weight is 363 g/mol. The Bertz CT molecular complexity index is 1010. The molecule has 0 aromatic carbocycles. The number of hydrogen-bond donors (Lipinski definition) is 1. The molecule has 2 aliphatic rings. The number of fused-ring (bicyclic) bond motifs is 5. The van der Waals surface area contributed by atoms with Crippen LogP contribution in [0.5, 0.6) is 0 Å². The van der Waals surface area contributed by atoms with Gasteiger partial charge in [0.25, 0.3) is 5.91 Å². The topological polar surface area (TPSA) is 88.3 Å². The molecule has 1 amide bonds. The van der Waals surface area contributed by atoms with Crippen molar-refractivity contribution in [2.24, 2.45) is 0 Å². The third kappa shape index (κ3) is 2.72. The van der Waals surface area contributed by atoms with Crippen molar-refractivity contribution in [1.82, 2.24) is 29.9 Å². The van der Waals surface area contributed by atoms with Crippen molar-refractivity contribution in [2.45, 2.75) is 44.7 Å². The van der Waals surface area contributed by atoms with Crippen molar-refractivity contribution in [2.75, 3.05) is 11.4 Å². The maximum Gasteiger partial charge on any atom is 0.256 e. The van der Waals surface area contributed by atoms with Gasteiger partial charge in [0, 0.05) is 36.2 Å². The Kier molecular flexibility index (Phi) is 3.77. The van der Waals surface area contributed by atoms with E-state index in [1.807, 2.05) is 25.4 Å². The summed E-state index contributed by atoms with van der Waals surface area (Å²) in [5.41, 5.74) is 3.33. The second-order valence-corrected chi connectivity index (χ2v) is 7.30. The zero-order chi connectivity index (χ0) is 18.4. The molecule has 5 heterocycles. The number of carbonyl (C=O) groups is 1. The molecule has 0 radical (unpaired) electrons. The highest BCUT2D eigenvalue weighted by molar-refractivity contribution is 5.99. The molecule has 2 aliphatic heterocycles. The zero-order valence-electron chi connectivity index (χ0n) is 15.2. The standard InChI is InChI=1S/C19H21N7O/c1-12-4-5-15-13(9-20-11-21-15)16-3-2-7-25(16)17-6-8-26-18(24-17)14(10-22-26)19(27)23-12/h6,8-12,16H,2-5,7H2,1H3,(H,23,27)/t12-,16-/m1/s1. The number of nitrogens with one attached hydrogen (secondary N) is 1. The van der Waals surface area contributed by atoms with Crippen molar-refractivity contribution in [3.05, 3.63) is 47.8 Å². The predicted octanol–water partition coefficient (Wildman–Crippen LogP) is 1.93. The fourth-order valence-electron chi connectivity index (χ4n) is 4.12. The highest BCUT2D eigenvalue weighted by Crippen LogP contribution is 2.36. The fraction of sp³-hybridized carbons (Fsp3) is 0.421. The molecule has 0 aliphatic carbocycles. The van der Waals surface area contributed by atoms with Crippen LogP contribution in [0.25, 0.3) is 5.65 Å². The lowest BCUT2D eigenvalue weighted by atomic mass is 10.00. The van der Waals surface area contributed by atoms with E-state index in [1.54, 1.807) is 17.0 Å². The third-order valence-electron chi connectivity index (χ3n) is 5.52. The lowest BCUT2D eigenvalue weighted by molar-refractivity contribution is 0.0940. The quantitative estimate of drug-likeness (QED) is 0.656. The van der Waals surface area contributed by atoms with Crippen molar-refractivity contribution >= 4 is 17.4 Å². The zero-order valence-corrected chi connectivity index (χ0v) is 15.2. The van der Waals surface area contributed by atoms with Crippen LogP contribution in [0.15, 0.2) is 31.0 Å². The molecule has 138 valence electrons. The third-order valence-corrected chi connectivity index (χ3v) is 5.52. The van der Waals surface area contributed by atoms with Gasteiger partial charge in [0.05, 0.1) is 12.2 Å². The molecule has 1 N–H and O–H groups in total. The predicted molar refractivity (Wildman–Crippen MR) is 99.6 cm³/mol. The second kappa shape index (κ2) is 6.29. The molecule has 3 aromatic heterocycles. The van der Waals surface area contributed by atoms with Gasteiger partial charge in [0.2, 0.25) is 0 Å². The van der Waals surface area contributed by atoms with Crippen LogP contribution < -0.4 is 10.2 Å². The SMILES string of the molecule is C[C@@H]1CCc2ncncc2[C@H]2CCCN2c2ccn3ncc(c3n2)C(=O)N1. The van der Waals surface area contributed by atoms with Crippen molar-refractivity contribution in [3.63, 3.8) is 0 Å². The summed E-state index contributed by atoms with van der Waals surface area (Å²) in [7, 11) is 0. The highest BCUT2D eigenvalue weighted by atomic mass is 16.1. The van der Waals surface area contributed by atoms with E-state index in [-0.39, 0.29) is 18.0 Å². The number of aryl methyl sites for hydroxylation is 1. The van der Waals surface area contributed by atoms with Gasteiger partial charge in [-0.15, -0.1) is 0 Å². The monoisotopic (exact) mass is 363 g/mol. The maximum absolute atomic E-state index is 12.7. The van der Waals surface area contributed by atoms with Gasteiger partial charge in [-0.05, 0) is 38.7 Å². The maximum atomic E-state index is 12.7. The van der Waals surface area contributed by atoms with Crippen LogP contribution in [-0.4, -0.2) is 43.1 Å². The Morgan fingerprint density at radius 2 is 2.19 bits per heavy atom. The van der Waals surface area contributed by atoms with Crippen LogP contribution >= 0.6 is 0 Å². The van der Waals surface area contributed by atoms with E-state index in [1.165, 1.54) is 5.56 Å². The number of rotatable bonds is 0. The normalized spacial score (nSPS) is 22.6. The Labute approximate surface area is 156 Å². The summed E-state index contributed by atoms with van der Waals surface area (Å²) >= 11 is 0. The van der Waals surface area contributed by atoms with E-state index in [0.29, 0.717) is 11.2 Å². The van der Waals surface area contributed by atoms with Gasteiger partial charge in [-0.25, -0.2) is 19.5 Å².